The maximum Gasteiger partial charge on any atom is 0.255 e. The van der Waals surface area contributed by atoms with Crippen molar-refractivity contribution in [2.75, 3.05) is 26.3 Å². The Hall–Kier alpha value is -2.84. The van der Waals surface area contributed by atoms with Gasteiger partial charge in [-0.2, -0.15) is 0 Å². The van der Waals surface area contributed by atoms with E-state index in [-0.39, 0.29) is 5.91 Å². The van der Waals surface area contributed by atoms with Gasteiger partial charge in [-0.1, -0.05) is 6.07 Å². The molecule has 2 saturated heterocycles. The lowest BCUT2D eigenvalue weighted by Crippen LogP contribution is -2.47. The normalized spacial score (nSPS) is 18.8. The molecule has 0 bridgehead atoms. The minimum absolute atomic E-state index is 0.0240. The topological polar surface area (TPSA) is 82.4 Å². The summed E-state index contributed by atoms with van der Waals surface area (Å²) >= 11 is 0. The van der Waals surface area contributed by atoms with Crippen molar-refractivity contribution in [3.05, 3.63) is 54.2 Å². The van der Waals surface area contributed by atoms with Gasteiger partial charge >= 0.3 is 0 Å². The molecule has 8 nitrogen and oxygen atoms in total. The van der Waals surface area contributed by atoms with Crippen LogP contribution in [0.4, 0.5) is 0 Å². The summed E-state index contributed by atoms with van der Waals surface area (Å²) in [5.41, 5.74) is 3.10. The molecule has 2 aliphatic rings. The largest absolute Gasteiger partial charge is 0.347 e. The molecule has 0 radical (unpaired) electrons. The number of carbonyl (C=O) groups is 1. The number of pyridine rings is 2. The highest BCUT2D eigenvalue weighted by Crippen LogP contribution is 2.31. The van der Waals surface area contributed by atoms with Crippen LogP contribution in [-0.4, -0.2) is 62.4 Å². The average Bonchev–Trinajstić information content (AvgIpc) is 3.36. The summed E-state index contributed by atoms with van der Waals surface area (Å²) < 4.78 is 13.4. The number of aromatic nitrogens is 4. The summed E-state index contributed by atoms with van der Waals surface area (Å²) in [7, 11) is 0. The molecule has 28 heavy (non-hydrogen) atoms. The lowest BCUT2D eigenvalue weighted by Gasteiger charge is -2.37. The third-order valence-corrected chi connectivity index (χ3v) is 5.40. The lowest BCUT2D eigenvalue weighted by molar-refractivity contribution is -0.181. The van der Waals surface area contributed by atoms with Crippen molar-refractivity contribution in [3.8, 4) is 0 Å². The monoisotopic (exact) mass is 379 g/mol. The summed E-state index contributed by atoms with van der Waals surface area (Å²) in [6.07, 6.45) is 8.36. The number of amides is 1. The Balaban J connectivity index is 1.32. The van der Waals surface area contributed by atoms with E-state index in [0.29, 0.717) is 56.8 Å². The van der Waals surface area contributed by atoms with E-state index in [4.69, 9.17) is 9.47 Å². The van der Waals surface area contributed by atoms with E-state index < -0.39 is 5.79 Å². The second-order valence-electron chi connectivity index (χ2n) is 7.20. The van der Waals surface area contributed by atoms with Crippen molar-refractivity contribution in [2.45, 2.75) is 25.2 Å². The van der Waals surface area contributed by atoms with Crippen LogP contribution in [0.2, 0.25) is 0 Å². The van der Waals surface area contributed by atoms with Crippen LogP contribution in [0.3, 0.4) is 0 Å². The number of ether oxygens (including phenoxy) is 2. The molecule has 0 aliphatic carbocycles. The highest BCUT2D eigenvalue weighted by atomic mass is 16.7. The van der Waals surface area contributed by atoms with E-state index in [9.17, 15) is 4.79 Å². The number of piperidine rings is 1. The molecule has 2 fully saturated rings. The van der Waals surface area contributed by atoms with Gasteiger partial charge in [-0.15, -0.1) is 0 Å². The average molecular weight is 379 g/mol. The van der Waals surface area contributed by atoms with Crippen molar-refractivity contribution in [2.24, 2.45) is 0 Å². The Kier molecular flexibility index (Phi) is 4.29. The molecular weight excluding hydrogens is 358 g/mol. The lowest BCUT2D eigenvalue weighted by atomic mass is 10.0. The fraction of sp³-hybridized carbons (Fsp3) is 0.400. The van der Waals surface area contributed by atoms with Crippen molar-refractivity contribution >= 4 is 17.1 Å². The number of hydrogen-bond acceptors (Lipinski definition) is 6. The van der Waals surface area contributed by atoms with Crippen LogP contribution in [-0.2, 0) is 16.0 Å². The zero-order valence-electron chi connectivity index (χ0n) is 15.5. The Morgan fingerprint density at radius 2 is 1.96 bits per heavy atom. The summed E-state index contributed by atoms with van der Waals surface area (Å²) in [5, 5.41) is 0. The number of hydrogen-bond donors (Lipinski definition) is 0. The highest BCUT2D eigenvalue weighted by Gasteiger charge is 2.40. The van der Waals surface area contributed by atoms with Gasteiger partial charge in [-0.25, -0.2) is 9.97 Å². The van der Waals surface area contributed by atoms with Gasteiger partial charge < -0.3 is 18.9 Å². The first kappa shape index (κ1) is 17.3. The number of carbonyl (C=O) groups excluding carboxylic acids is 1. The molecule has 0 saturated carbocycles. The van der Waals surface area contributed by atoms with Gasteiger partial charge in [0.2, 0.25) is 0 Å². The van der Waals surface area contributed by atoms with Crippen molar-refractivity contribution in [1.29, 1.82) is 0 Å². The molecule has 2 aliphatic heterocycles. The first-order valence-corrected chi connectivity index (χ1v) is 9.49. The van der Waals surface area contributed by atoms with Crippen LogP contribution >= 0.6 is 0 Å². The van der Waals surface area contributed by atoms with Gasteiger partial charge in [0.1, 0.15) is 5.52 Å². The molecule has 0 aromatic carbocycles. The van der Waals surface area contributed by atoms with E-state index in [2.05, 4.69) is 15.0 Å². The Morgan fingerprint density at radius 3 is 2.71 bits per heavy atom. The standard InChI is InChI=1S/C20H21N5O3/c26-19(24-6-3-20(4-7-24)27-8-9-28-20)16-10-17-18(22-12-16)25(14-23-17)13-15-2-1-5-21-11-15/h1-2,5,10-12,14H,3-4,6-9,13H2. The molecule has 0 atom stereocenters. The van der Waals surface area contributed by atoms with Crippen LogP contribution in [0.1, 0.15) is 28.8 Å². The molecule has 5 heterocycles. The second-order valence-corrected chi connectivity index (χ2v) is 7.20. The molecular formula is C20H21N5O3. The van der Waals surface area contributed by atoms with Gasteiger partial charge in [0.25, 0.3) is 5.91 Å². The van der Waals surface area contributed by atoms with Crippen molar-refractivity contribution in [3.63, 3.8) is 0 Å². The second kappa shape index (κ2) is 6.96. The summed E-state index contributed by atoms with van der Waals surface area (Å²) in [6.45, 7) is 3.14. The highest BCUT2D eigenvalue weighted by molar-refractivity contribution is 5.96. The molecule has 0 unspecified atom stereocenters. The van der Waals surface area contributed by atoms with E-state index in [1.165, 1.54) is 0 Å². The van der Waals surface area contributed by atoms with E-state index >= 15 is 0 Å². The third kappa shape index (κ3) is 3.14. The van der Waals surface area contributed by atoms with Gasteiger partial charge in [0.15, 0.2) is 11.4 Å². The van der Waals surface area contributed by atoms with Crippen LogP contribution in [0, 0.1) is 0 Å². The van der Waals surface area contributed by atoms with Gasteiger partial charge in [-0.05, 0) is 17.7 Å². The first-order valence-electron chi connectivity index (χ1n) is 9.49. The number of imidazole rings is 1. The first-order chi connectivity index (χ1) is 13.7. The van der Waals surface area contributed by atoms with E-state index in [0.717, 1.165) is 11.2 Å². The minimum atomic E-state index is -0.482. The smallest absolute Gasteiger partial charge is 0.255 e. The fourth-order valence-corrected chi connectivity index (χ4v) is 3.89. The third-order valence-electron chi connectivity index (χ3n) is 5.40. The predicted octanol–water partition coefficient (Wildman–Crippen LogP) is 1.85. The molecule has 5 rings (SSSR count). The van der Waals surface area contributed by atoms with Gasteiger partial charge in [0.05, 0.1) is 31.6 Å². The number of rotatable bonds is 3. The maximum absolute atomic E-state index is 12.9. The molecule has 144 valence electrons. The van der Waals surface area contributed by atoms with Crippen molar-refractivity contribution in [1.82, 2.24) is 24.4 Å². The molecule has 3 aromatic heterocycles. The quantitative estimate of drug-likeness (QED) is 0.691. The molecule has 1 amide bonds. The van der Waals surface area contributed by atoms with Crippen LogP contribution in [0.25, 0.3) is 11.2 Å². The molecule has 3 aromatic rings. The summed E-state index contributed by atoms with van der Waals surface area (Å²) in [4.78, 5) is 27.8. The summed E-state index contributed by atoms with van der Waals surface area (Å²) in [6, 6.07) is 5.73. The maximum atomic E-state index is 12.9. The van der Waals surface area contributed by atoms with E-state index in [1.54, 1.807) is 18.7 Å². The number of nitrogens with zero attached hydrogens (tertiary/aromatic N) is 5. The summed E-state index contributed by atoms with van der Waals surface area (Å²) in [5.74, 6) is -0.506. The Labute approximate surface area is 162 Å². The fourth-order valence-electron chi connectivity index (χ4n) is 3.89. The SMILES string of the molecule is O=C(c1cnc2c(c1)ncn2Cc1cccnc1)N1CCC2(CC1)OCCO2. The van der Waals surface area contributed by atoms with Gasteiger partial charge in [-0.3, -0.25) is 9.78 Å². The van der Waals surface area contributed by atoms with Crippen molar-refractivity contribution < 1.29 is 14.3 Å². The molecule has 8 heteroatoms. The molecule has 1 spiro atoms. The van der Waals surface area contributed by atoms with Gasteiger partial charge in [0, 0.05) is 44.5 Å². The Bertz CT molecular complexity index is 988. The predicted molar refractivity (Wildman–Crippen MR) is 101 cm³/mol. The Morgan fingerprint density at radius 1 is 1.14 bits per heavy atom. The van der Waals surface area contributed by atoms with Crippen LogP contribution in [0.15, 0.2) is 43.1 Å². The van der Waals surface area contributed by atoms with Crippen LogP contribution < -0.4 is 0 Å². The number of fused-ring (bicyclic) bond motifs is 1. The zero-order chi connectivity index (χ0) is 19.0. The zero-order valence-corrected chi connectivity index (χ0v) is 15.5. The van der Waals surface area contributed by atoms with Crippen LogP contribution in [0.5, 0.6) is 0 Å². The minimum Gasteiger partial charge on any atom is -0.347 e. The van der Waals surface area contributed by atoms with E-state index in [1.807, 2.05) is 33.9 Å². The molecule has 0 N–H and O–H groups in total. The number of likely N-dealkylation sites (tertiary alicyclic amines) is 1.